The monoisotopic (exact) mass is 504 g/mol. The van der Waals surface area contributed by atoms with Crippen molar-refractivity contribution in [2.75, 3.05) is 13.2 Å². The summed E-state index contributed by atoms with van der Waals surface area (Å²) in [5.74, 6) is -2.78. The molecule has 12 nitrogen and oxygen atoms in total. The predicted molar refractivity (Wildman–Crippen MR) is 118 cm³/mol. The van der Waals surface area contributed by atoms with Gasteiger partial charge in [0.2, 0.25) is 6.29 Å². The van der Waals surface area contributed by atoms with Gasteiger partial charge in [0.05, 0.1) is 11.5 Å². The van der Waals surface area contributed by atoms with Gasteiger partial charge < -0.3 is 44.5 Å². The predicted octanol–water partition coefficient (Wildman–Crippen LogP) is -0.0446. The van der Waals surface area contributed by atoms with Crippen LogP contribution < -0.4 is 9.47 Å². The Morgan fingerprint density at radius 3 is 2.42 bits per heavy atom. The standard InChI is InChI=1S/C24H24O12/c25-12-3-1-11(2-4-12)15-9-33-16-7-13(5-6-14(16)20(15)29)35-24-23(32)22(31)21(30)17(36-24)10-34-19(28)8-18(26)27/h1-7,15,17,21-25,30-32H,8-10H2,(H,26,27). The lowest BCUT2D eigenvalue weighted by molar-refractivity contribution is -0.278. The fourth-order valence-corrected chi connectivity index (χ4v) is 3.92. The van der Waals surface area contributed by atoms with E-state index in [0.717, 1.165) is 0 Å². The molecule has 5 N–H and O–H groups in total. The Balaban J connectivity index is 1.44. The van der Waals surface area contributed by atoms with Gasteiger partial charge in [-0.3, -0.25) is 14.4 Å². The maximum absolute atomic E-state index is 13.0. The van der Waals surface area contributed by atoms with E-state index < -0.39 is 61.6 Å². The van der Waals surface area contributed by atoms with E-state index >= 15 is 0 Å². The van der Waals surface area contributed by atoms with E-state index in [0.29, 0.717) is 11.1 Å². The summed E-state index contributed by atoms with van der Waals surface area (Å²) < 4.78 is 21.6. The van der Waals surface area contributed by atoms with Gasteiger partial charge in [-0.15, -0.1) is 0 Å². The van der Waals surface area contributed by atoms with Gasteiger partial charge in [0.25, 0.3) is 0 Å². The minimum Gasteiger partial charge on any atom is -0.508 e. The number of carbonyl (C=O) groups excluding carboxylic acids is 2. The molecular formula is C24H24O12. The van der Waals surface area contributed by atoms with Crippen molar-refractivity contribution >= 4 is 17.7 Å². The van der Waals surface area contributed by atoms with Crippen molar-refractivity contribution in [2.24, 2.45) is 0 Å². The van der Waals surface area contributed by atoms with Crippen molar-refractivity contribution in [3.8, 4) is 17.2 Å². The summed E-state index contributed by atoms with van der Waals surface area (Å²) in [7, 11) is 0. The summed E-state index contributed by atoms with van der Waals surface area (Å²) in [4.78, 5) is 35.0. The van der Waals surface area contributed by atoms with Crippen LogP contribution >= 0.6 is 0 Å². The van der Waals surface area contributed by atoms with Crippen LogP contribution in [0, 0.1) is 0 Å². The molecule has 192 valence electrons. The van der Waals surface area contributed by atoms with Crippen LogP contribution in [0.4, 0.5) is 0 Å². The molecule has 0 aliphatic carbocycles. The first-order chi connectivity index (χ1) is 17.1. The molecule has 1 fully saturated rings. The van der Waals surface area contributed by atoms with Gasteiger partial charge in [-0.05, 0) is 29.8 Å². The summed E-state index contributed by atoms with van der Waals surface area (Å²) in [6, 6.07) is 10.6. The normalized spacial score (nSPS) is 27.5. The topological polar surface area (TPSA) is 189 Å². The number of ether oxygens (including phenoxy) is 4. The number of hydrogen-bond donors (Lipinski definition) is 5. The van der Waals surface area contributed by atoms with Crippen LogP contribution in [-0.4, -0.2) is 87.2 Å². The molecular weight excluding hydrogens is 480 g/mol. The van der Waals surface area contributed by atoms with Crippen molar-refractivity contribution in [3.05, 3.63) is 53.6 Å². The smallest absolute Gasteiger partial charge is 0.317 e. The number of aromatic hydroxyl groups is 1. The summed E-state index contributed by atoms with van der Waals surface area (Å²) >= 11 is 0. The number of aliphatic hydroxyl groups is 3. The Morgan fingerprint density at radius 2 is 1.72 bits per heavy atom. The largest absolute Gasteiger partial charge is 0.508 e. The van der Waals surface area contributed by atoms with Crippen LogP contribution in [-0.2, 0) is 19.1 Å². The van der Waals surface area contributed by atoms with Crippen molar-refractivity contribution in [1.29, 1.82) is 0 Å². The number of aliphatic hydroxyl groups excluding tert-OH is 3. The number of Topliss-reactive ketones (excluding diaryl/α,β-unsaturated/α-hetero) is 1. The van der Waals surface area contributed by atoms with E-state index in [1.54, 1.807) is 12.1 Å². The molecule has 0 saturated carbocycles. The average Bonchev–Trinajstić information content (AvgIpc) is 2.84. The van der Waals surface area contributed by atoms with Gasteiger partial charge in [-0.2, -0.15) is 0 Å². The van der Waals surface area contributed by atoms with Gasteiger partial charge >= 0.3 is 11.9 Å². The Bertz CT molecular complexity index is 1130. The second-order valence-corrected chi connectivity index (χ2v) is 8.36. The SMILES string of the molecule is O=C(O)CC(=O)OCC1OC(Oc2ccc3c(c2)OCC(c2ccc(O)cc2)C3=O)C(O)C(O)C1O. The molecule has 2 aliphatic heterocycles. The number of carbonyl (C=O) groups is 3. The molecule has 4 rings (SSSR count). The van der Waals surface area contributed by atoms with Crippen LogP contribution in [0.3, 0.4) is 0 Å². The summed E-state index contributed by atoms with van der Waals surface area (Å²) in [6.45, 7) is -0.533. The first kappa shape index (κ1) is 25.4. The number of fused-ring (bicyclic) bond motifs is 1. The number of aliphatic carboxylic acids is 1. The molecule has 6 atom stereocenters. The zero-order valence-electron chi connectivity index (χ0n) is 18.7. The van der Waals surface area contributed by atoms with Crippen LogP contribution in [0.5, 0.6) is 17.2 Å². The van der Waals surface area contributed by atoms with Gasteiger partial charge in [-0.1, -0.05) is 12.1 Å². The van der Waals surface area contributed by atoms with Gasteiger partial charge in [0, 0.05) is 6.07 Å². The minimum atomic E-state index is -1.71. The highest BCUT2D eigenvalue weighted by Gasteiger charge is 2.45. The number of benzene rings is 2. The molecule has 6 unspecified atom stereocenters. The third-order valence-electron chi connectivity index (χ3n) is 5.86. The highest BCUT2D eigenvalue weighted by atomic mass is 16.7. The second-order valence-electron chi connectivity index (χ2n) is 8.36. The first-order valence-electron chi connectivity index (χ1n) is 11.0. The number of ketones is 1. The maximum atomic E-state index is 13.0. The zero-order valence-corrected chi connectivity index (χ0v) is 18.7. The van der Waals surface area contributed by atoms with Gasteiger partial charge in [-0.25, -0.2) is 0 Å². The van der Waals surface area contributed by atoms with Crippen molar-refractivity contribution in [3.63, 3.8) is 0 Å². The number of phenols is 1. The Labute approximate surface area is 204 Å². The van der Waals surface area contributed by atoms with Crippen molar-refractivity contribution < 1.29 is 58.9 Å². The van der Waals surface area contributed by atoms with E-state index in [1.807, 2.05) is 0 Å². The average molecular weight is 504 g/mol. The zero-order chi connectivity index (χ0) is 26.0. The van der Waals surface area contributed by atoms with Gasteiger partial charge in [0.1, 0.15) is 61.3 Å². The molecule has 36 heavy (non-hydrogen) atoms. The Morgan fingerprint density at radius 1 is 1.00 bits per heavy atom. The quantitative estimate of drug-likeness (QED) is 0.250. The molecule has 0 radical (unpaired) electrons. The highest BCUT2D eigenvalue weighted by molar-refractivity contribution is 6.04. The van der Waals surface area contributed by atoms with Crippen LogP contribution in [0.1, 0.15) is 28.3 Å². The molecule has 2 heterocycles. The number of hydrogen-bond acceptors (Lipinski definition) is 11. The lowest BCUT2D eigenvalue weighted by Gasteiger charge is -2.40. The molecule has 12 heteroatoms. The van der Waals surface area contributed by atoms with E-state index in [2.05, 4.69) is 0 Å². The number of carboxylic acids is 1. The van der Waals surface area contributed by atoms with Crippen LogP contribution in [0.2, 0.25) is 0 Å². The maximum Gasteiger partial charge on any atom is 0.317 e. The number of esters is 1. The Hall–Kier alpha value is -3.71. The first-order valence-corrected chi connectivity index (χ1v) is 11.0. The van der Waals surface area contributed by atoms with E-state index in [-0.39, 0.29) is 29.6 Å². The third-order valence-corrected chi connectivity index (χ3v) is 5.86. The van der Waals surface area contributed by atoms with Crippen molar-refractivity contribution in [1.82, 2.24) is 0 Å². The molecule has 0 aromatic heterocycles. The fraction of sp³-hybridized carbons (Fsp3) is 0.375. The second kappa shape index (κ2) is 10.5. The molecule has 0 amide bonds. The molecule has 1 saturated heterocycles. The van der Waals surface area contributed by atoms with Crippen LogP contribution in [0.25, 0.3) is 0 Å². The van der Waals surface area contributed by atoms with Gasteiger partial charge in [0.15, 0.2) is 5.78 Å². The Kier molecular flexibility index (Phi) is 7.40. The lowest BCUT2D eigenvalue weighted by Crippen LogP contribution is -2.60. The number of rotatable bonds is 7. The molecule has 2 aliphatic rings. The fourth-order valence-electron chi connectivity index (χ4n) is 3.92. The van der Waals surface area contributed by atoms with E-state index in [9.17, 15) is 34.8 Å². The van der Waals surface area contributed by atoms with E-state index in [4.69, 9.17) is 24.1 Å². The van der Waals surface area contributed by atoms with Crippen LogP contribution in [0.15, 0.2) is 42.5 Å². The summed E-state index contributed by atoms with van der Waals surface area (Å²) in [6.07, 6.45) is -8.73. The van der Waals surface area contributed by atoms with Crippen molar-refractivity contribution in [2.45, 2.75) is 43.0 Å². The number of carboxylic acid groups (broad SMARTS) is 1. The third kappa shape index (κ3) is 5.41. The summed E-state index contributed by atoms with van der Waals surface area (Å²) in [5.41, 5.74) is 0.987. The molecule has 0 spiro atoms. The molecule has 2 aromatic carbocycles. The lowest BCUT2D eigenvalue weighted by atomic mass is 9.89. The summed E-state index contributed by atoms with van der Waals surface area (Å²) in [5, 5.41) is 48.7. The highest BCUT2D eigenvalue weighted by Crippen LogP contribution is 2.36. The molecule has 2 aromatic rings. The molecule has 0 bridgehead atoms. The number of phenolic OH excluding ortho intramolecular Hbond substituents is 1. The van der Waals surface area contributed by atoms with E-state index in [1.165, 1.54) is 30.3 Å². The minimum absolute atomic E-state index is 0.0529.